The molecular formula is C14H13ClN4O. The number of carbonyl (C=O) groups is 1. The van der Waals surface area contributed by atoms with Crippen molar-refractivity contribution in [1.82, 2.24) is 14.8 Å². The zero-order valence-electron chi connectivity index (χ0n) is 11.1. The van der Waals surface area contributed by atoms with Gasteiger partial charge in [-0.15, -0.1) is 0 Å². The molecule has 0 unspecified atom stereocenters. The number of anilines is 1. The van der Waals surface area contributed by atoms with Crippen LogP contribution in [0, 0.1) is 0 Å². The van der Waals surface area contributed by atoms with Gasteiger partial charge in [-0.05, 0) is 19.9 Å². The number of nitrogens with one attached hydrogen (secondary N) is 1. The smallest absolute Gasteiger partial charge is 0.226 e. The SMILES string of the molecule is CC(=O)C1=C(C)Nc2ncnn2[C@@H]1c1ccccc1Cl. The zero-order valence-corrected chi connectivity index (χ0v) is 11.8. The van der Waals surface area contributed by atoms with E-state index in [9.17, 15) is 4.79 Å². The normalized spacial score (nSPS) is 17.6. The van der Waals surface area contributed by atoms with Gasteiger partial charge in [-0.25, -0.2) is 4.68 Å². The van der Waals surface area contributed by atoms with Gasteiger partial charge in [0.05, 0.1) is 0 Å². The molecule has 1 atom stereocenters. The molecule has 1 aliphatic rings. The molecular weight excluding hydrogens is 276 g/mol. The first-order valence-corrected chi connectivity index (χ1v) is 6.60. The minimum atomic E-state index is -0.347. The fourth-order valence-corrected chi connectivity index (χ4v) is 2.77. The summed E-state index contributed by atoms with van der Waals surface area (Å²) in [6.45, 7) is 3.41. The summed E-state index contributed by atoms with van der Waals surface area (Å²) in [5.74, 6) is 0.596. The lowest BCUT2D eigenvalue weighted by molar-refractivity contribution is -0.114. The number of Topliss-reactive ketones (excluding diaryl/α,β-unsaturated/α-hetero) is 1. The highest BCUT2D eigenvalue weighted by atomic mass is 35.5. The van der Waals surface area contributed by atoms with Crippen molar-refractivity contribution in [3.05, 3.63) is 52.4 Å². The second kappa shape index (κ2) is 4.76. The van der Waals surface area contributed by atoms with E-state index >= 15 is 0 Å². The summed E-state index contributed by atoms with van der Waals surface area (Å²) in [5.41, 5.74) is 2.27. The lowest BCUT2D eigenvalue weighted by Gasteiger charge is -2.28. The number of nitrogens with zero attached hydrogens (tertiary/aromatic N) is 3. The molecule has 0 spiro atoms. The molecule has 0 bridgehead atoms. The van der Waals surface area contributed by atoms with Gasteiger partial charge >= 0.3 is 0 Å². The summed E-state index contributed by atoms with van der Waals surface area (Å²) in [6.07, 6.45) is 1.46. The highest BCUT2D eigenvalue weighted by molar-refractivity contribution is 6.31. The van der Waals surface area contributed by atoms with E-state index in [1.54, 1.807) is 11.6 Å². The maximum atomic E-state index is 12.0. The standard InChI is InChI=1S/C14H13ClN4O/c1-8-12(9(2)20)13(10-5-3-4-6-11(10)15)19-14(18-8)16-7-17-19/h3-7,13H,1-2H3,(H,16,17,18)/t13-/m1/s1. The number of benzene rings is 1. The molecule has 0 saturated carbocycles. The van der Waals surface area contributed by atoms with E-state index in [1.165, 1.54) is 6.33 Å². The van der Waals surface area contributed by atoms with Crippen LogP contribution >= 0.6 is 11.6 Å². The van der Waals surface area contributed by atoms with Crippen LogP contribution in [-0.4, -0.2) is 20.5 Å². The Morgan fingerprint density at radius 2 is 2.15 bits per heavy atom. The van der Waals surface area contributed by atoms with Crippen molar-refractivity contribution in [3.8, 4) is 0 Å². The van der Waals surface area contributed by atoms with Crippen molar-refractivity contribution in [2.24, 2.45) is 0 Å². The first-order chi connectivity index (χ1) is 9.59. The molecule has 1 N–H and O–H groups in total. The first-order valence-electron chi connectivity index (χ1n) is 6.22. The third kappa shape index (κ3) is 1.91. The van der Waals surface area contributed by atoms with E-state index in [-0.39, 0.29) is 11.8 Å². The maximum absolute atomic E-state index is 12.0. The highest BCUT2D eigenvalue weighted by Crippen LogP contribution is 2.37. The number of hydrogen-bond donors (Lipinski definition) is 1. The van der Waals surface area contributed by atoms with Gasteiger partial charge in [-0.3, -0.25) is 4.79 Å². The summed E-state index contributed by atoms with van der Waals surface area (Å²) in [6, 6.07) is 7.12. The summed E-state index contributed by atoms with van der Waals surface area (Å²) < 4.78 is 1.69. The molecule has 0 saturated heterocycles. The van der Waals surface area contributed by atoms with Gasteiger partial charge in [0.2, 0.25) is 5.95 Å². The van der Waals surface area contributed by atoms with Crippen LogP contribution in [-0.2, 0) is 4.79 Å². The van der Waals surface area contributed by atoms with Crippen LogP contribution in [0.3, 0.4) is 0 Å². The van der Waals surface area contributed by atoms with E-state index in [0.717, 1.165) is 11.3 Å². The molecule has 5 nitrogen and oxygen atoms in total. The molecule has 20 heavy (non-hydrogen) atoms. The van der Waals surface area contributed by atoms with Crippen molar-refractivity contribution in [2.45, 2.75) is 19.9 Å². The average molecular weight is 289 g/mol. The molecule has 0 radical (unpaired) electrons. The molecule has 1 aliphatic heterocycles. The van der Waals surface area contributed by atoms with Gasteiger partial charge in [0.1, 0.15) is 12.4 Å². The molecule has 2 heterocycles. The predicted octanol–water partition coefficient (Wildman–Crippen LogP) is 2.81. The maximum Gasteiger partial charge on any atom is 0.226 e. The Labute approximate surface area is 121 Å². The average Bonchev–Trinajstić information content (AvgIpc) is 2.85. The molecule has 0 fully saturated rings. The summed E-state index contributed by atoms with van der Waals surface area (Å²) >= 11 is 6.29. The topological polar surface area (TPSA) is 59.8 Å². The number of rotatable bonds is 2. The Morgan fingerprint density at radius 1 is 1.40 bits per heavy atom. The molecule has 0 amide bonds. The van der Waals surface area contributed by atoms with E-state index in [4.69, 9.17) is 11.6 Å². The Morgan fingerprint density at radius 3 is 2.85 bits per heavy atom. The summed E-state index contributed by atoms with van der Waals surface area (Å²) in [5, 5.41) is 7.92. The van der Waals surface area contributed by atoms with Gasteiger partial charge in [0, 0.05) is 21.9 Å². The second-order valence-corrected chi connectivity index (χ2v) is 5.08. The summed E-state index contributed by atoms with van der Waals surface area (Å²) in [4.78, 5) is 16.2. The minimum absolute atomic E-state index is 0.0129. The van der Waals surface area contributed by atoms with Gasteiger partial charge in [0.25, 0.3) is 0 Å². The Hall–Kier alpha value is -2.14. The highest BCUT2D eigenvalue weighted by Gasteiger charge is 2.32. The fourth-order valence-electron chi connectivity index (χ4n) is 2.53. The monoisotopic (exact) mass is 288 g/mol. The number of hydrogen-bond acceptors (Lipinski definition) is 4. The third-order valence-electron chi connectivity index (χ3n) is 3.37. The van der Waals surface area contributed by atoms with Crippen LogP contribution < -0.4 is 5.32 Å². The third-order valence-corrected chi connectivity index (χ3v) is 3.72. The van der Waals surface area contributed by atoms with Crippen LogP contribution in [0.25, 0.3) is 0 Å². The Bertz CT molecular complexity index is 719. The van der Waals surface area contributed by atoms with Gasteiger partial charge < -0.3 is 5.32 Å². The second-order valence-electron chi connectivity index (χ2n) is 4.67. The number of carbonyl (C=O) groups excluding carboxylic acids is 1. The minimum Gasteiger partial charge on any atom is -0.328 e. The van der Waals surface area contributed by atoms with E-state index < -0.39 is 0 Å². The van der Waals surface area contributed by atoms with Crippen molar-refractivity contribution >= 4 is 23.3 Å². The Kier molecular flexibility index (Phi) is 3.06. The molecule has 0 aliphatic carbocycles. The number of fused-ring (bicyclic) bond motifs is 1. The number of allylic oxidation sites excluding steroid dienone is 2. The lowest BCUT2D eigenvalue weighted by Crippen LogP contribution is -2.28. The van der Waals surface area contributed by atoms with E-state index in [1.807, 2.05) is 31.2 Å². The van der Waals surface area contributed by atoms with Crippen molar-refractivity contribution in [3.63, 3.8) is 0 Å². The first kappa shape index (κ1) is 12.9. The largest absolute Gasteiger partial charge is 0.328 e. The van der Waals surface area contributed by atoms with Gasteiger partial charge in [-0.1, -0.05) is 29.8 Å². The quantitative estimate of drug-likeness (QED) is 0.923. The number of ketones is 1. The van der Waals surface area contributed by atoms with Crippen LogP contribution in [0.15, 0.2) is 41.9 Å². The lowest BCUT2D eigenvalue weighted by atomic mass is 9.93. The van der Waals surface area contributed by atoms with E-state index in [2.05, 4.69) is 15.4 Å². The van der Waals surface area contributed by atoms with Crippen molar-refractivity contribution < 1.29 is 4.79 Å². The molecule has 3 rings (SSSR count). The van der Waals surface area contributed by atoms with Gasteiger partial charge in [-0.2, -0.15) is 10.1 Å². The Balaban J connectivity index is 2.25. The van der Waals surface area contributed by atoms with Crippen molar-refractivity contribution in [1.29, 1.82) is 0 Å². The van der Waals surface area contributed by atoms with Gasteiger partial charge in [0.15, 0.2) is 5.78 Å². The van der Waals surface area contributed by atoms with E-state index in [0.29, 0.717) is 16.5 Å². The molecule has 102 valence electrons. The zero-order chi connectivity index (χ0) is 14.3. The summed E-state index contributed by atoms with van der Waals surface area (Å²) in [7, 11) is 0. The molecule has 1 aromatic heterocycles. The van der Waals surface area contributed by atoms with Crippen molar-refractivity contribution in [2.75, 3.05) is 5.32 Å². The molecule has 6 heteroatoms. The fraction of sp³-hybridized carbons (Fsp3) is 0.214. The number of halogens is 1. The predicted molar refractivity (Wildman–Crippen MR) is 76.6 cm³/mol. The number of aromatic nitrogens is 3. The van der Waals surface area contributed by atoms with Crippen LogP contribution in [0.2, 0.25) is 5.02 Å². The molecule has 2 aromatic rings. The van der Waals surface area contributed by atoms with Crippen LogP contribution in [0.4, 0.5) is 5.95 Å². The van der Waals surface area contributed by atoms with Crippen LogP contribution in [0.5, 0.6) is 0 Å². The van der Waals surface area contributed by atoms with Crippen LogP contribution in [0.1, 0.15) is 25.5 Å². The molecule has 1 aromatic carbocycles.